The molecule has 26 heavy (non-hydrogen) atoms. The number of hydrogen-bond acceptors (Lipinski definition) is 2. The first-order valence-electron chi connectivity index (χ1n) is 7.82. The minimum atomic E-state index is -0.348. The van der Waals surface area contributed by atoms with E-state index in [4.69, 9.17) is 11.6 Å². The Balaban J connectivity index is 0.00000338. The zero-order valence-electron chi connectivity index (χ0n) is 14.3. The third-order valence-electron chi connectivity index (χ3n) is 3.41. The smallest absolute Gasteiger partial charge is 0.243 e. The molecule has 3 N–H and O–H groups in total. The van der Waals surface area contributed by atoms with E-state index in [2.05, 4.69) is 20.9 Å². The molecule has 0 aliphatic carbocycles. The van der Waals surface area contributed by atoms with Crippen molar-refractivity contribution < 1.29 is 9.18 Å². The van der Waals surface area contributed by atoms with Crippen LogP contribution in [0.25, 0.3) is 0 Å². The number of rotatable bonds is 6. The lowest BCUT2D eigenvalue weighted by Crippen LogP contribution is -2.42. The van der Waals surface area contributed by atoms with Gasteiger partial charge in [0.25, 0.3) is 0 Å². The fraction of sp³-hybridized carbons (Fsp3) is 0.222. The maximum absolute atomic E-state index is 12.8. The van der Waals surface area contributed by atoms with Crippen molar-refractivity contribution in [2.75, 3.05) is 25.5 Å². The summed E-state index contributed by atoms with van der Waals surface area (Å²) in [6, 6.07) is 13.2. The number of hydrogen-bond donors (Lipinski definition) is 3. The number of nitrogens with zero attached hydrogens (tertiary/aromatic N) is 1. The normalized spacial score (nSPS) is 10.7. The van der Waals surface area contributed by atoms with E-state index in [0.29, 0.717) is 18.2 Å². The fourth-order valence-corrected chi connectivity index (χ4v) is 2.37. The molecule has 0 atom stereocenters. The molecule has 0 saturated heterocycles. The summed E-state index contributed by atoms with van der Waals surface area (Å²) in [6.07, 6.45) is 0.738. The van der Waals surface area contributed by atoms with Crippen molar-refractivity contribution in [2.45, 2.75) is 6.42 Å². The van der Waals surface area contributed by atoms with Gasteiger partial charge in [-0.25, -0.2) is 4.39 Å². The molecule has 0 aromatic heterocycles. The van der Waals surface area contributed by atoms with Crippen molar-refractivity contribution in [2.24, 2.45) is 4.99 Å². The topological polar surface area (TPSA) is 65.5 Å². The quantitative estimate of drug-likeness (QED) is 0.330. The number of benzene rings is 2. The van der Waals surface area contributed by atoms with Crippen LogP contribution in [0.4, 0.5) is 10.1 Å². The van der Waals surface area contributed by atoms with Gasteiger partial charge >= 0.3 is 0 Å². The second-order valence-electron chi connectivity index (χ2n) is 5.25. The minimum absolute atomic E-state index is 0. The summed E-state index contributed by atoms with van der Waals surface area (Å²) in [7, 11) is 1.63. The summed E-state index contributed by atoms with van der Waals surface area (Å²) in [5, 5.41) is 9.44. The highest BCUT2D eigenvalue weighted by Crippen LogP contribution is 2.14. The van der Waals surface area contributed by atoms with Crippen LogP contribution in [0.1, 0.15) is 5.56 Å². The number of nitrogens with one attached hydrogen (secondary N) is 3. The lowest BCUT2D eigenvalue weighted by molar-refractivity contribution is -0.115. The predicted octanol–water partition coefficient (Wildman–Crippen LogP) is 3.44. The molecule has 0 saturated carbocycles. The highest BCUT2D eigenvalue weighted by Gasteiger charge is 2.05. The Hall–Kier alpha value is -1.87. The van der Waals surface area contributed by atoms with Crippen LogP contribution in [-0.4, -0.2) is 32.0 Å². The van der Waals surface area contributed by atoms with Gasteiger partial charge in [0, 0.05) is 24.3 Å². The summed E-state index contributed by atoms with van der Waals surface area (Å²) in [6.45, 7) is 0.673. The van der Waals surface area contributed by atoms with Crippen molar-refractivity contribution in [3.05, 3.63) is 64.9 Å². The third-order valence-corrected chi connectivity index (χ3v) is 3.78. The number of amides is 1. The summed E-state index contributed by atoms with van der Waals surface area (Å²) in [4.78, 5) is 16.0. The standard InChI is InChI=1S/C18H20ClFN4O.HI/c1-21-18(22-11-10-13-4-2-3-5-16(13)19)23-12-17(25)24-15-8-6-14(20)7-9-15;/h2-9H,10-12H2,1H3,(H,24,25)(H2,21,22,23);1H. The van der Waals surface area contributed by atoms with Gasteiger partial charge in [0.2, 0.25) is 5.91 Å². The fourth-order valence-electron chi connectivity index (χ4n) is 2.14. The molecule has 0 radical (unpaired) electrons. The van der Waals surface area contributed by atoms with Gasteiger partial charge in [-0.15, -0.1) is 24.0 Å². The lowest BCUT2D eigenvalue weighted by atomic mass is 10.1. The summed E-state index contributed by atoms with van der Waals surface area (Å²) in [5.74, 6) is -0.0822. The number of guanidine groups is 1. The minimum Gasteiger partial charge on any atom is -0.356 e. The maximum Gasteiger partial charge on any atom is 0.243 e. The van der Waals surface area contributed by atoms with Crippen LogP contribution in [-0.2, 0) is 11.2 Å². The van der Waals surface area contributed by atoms with E-state index in [0.717, 1.165) is 17.0 Å². The van der Waals surface area contributed by atoms with E-state index in [-0.39, 0.29) is 42.2 Å². The van der Waals surface area contributed by atoms with Gasteiger partial charge in [-0.3, -0.25) is 9.79 Å². The van der Waals surface area contributed by atoms with Crippen molar-refractivity contribution in [3.63, 3.8) is 0 Å². The molecule has 5 nitrogen and oxygen atoms in total. The molecule has 140 valence electrons. The molecule has 0 fully saturated rings. The molecule has 0 heterocycles. The van der Waals surface area contributed by atoms with Crippen molar-refractivity contribution >= 4 is 53.1 Å². The van der Waals surface area contributed by atoms with Gasteiger partial charge in [-0.1, -0.05) is 29.8 Å². The van der Waals surface area contributed by atoms with Crippen molar-refractivity contribution in [1.29, 1.82) is 0 Å². The van der Waals surface area contributed by atoms with E-state index < -0.39 is 0 Å². The van der Waals surface area contributed by atoms with Crippen molar-refractivity contribution in [1.82, 2.24) is 10.6 Å². The average Bonchev–Trinajstić information content (AvgIpc) is 2.61. The van der Waals surface area contributed by atoms with Gasteiger partial charge in [0.1, 0.15) is 5.82 Å². The van der Waals surface area contributed by atoms with E-state index in [9.17, 15) is 9.18 Å². The van der Waals surface area contributed by atoms with Gasteiger partial charge in [0.15, 0.2) is 5.96 Å². The Morgan fingerprint density at radius 3 is 2.46 bits per heavy atom. The van der Waals surface area contributed by atoms with Gasteiger partial charge < -0.3 is 16.0 Å². The van der Waals surface area contributed by atoms with E-state index >= 15 is 0 Å². The second kappa shape index (κ2) is 11.7. The molecule has 0 unspecified atom stereocenters. The molecule has 0 aliphatic heterocycles. The SMILES string of the molecule is CN=C(NCCc1ccccc1Cl)NCC(=O)Nc1ccc(F)cc1.I. The number of carbonyl (C=O) groups excluding carboxylic acids is 1. The molecule has 2 aromatic carbocycles. The second-order valence-corrected chi connectivity index (χ2v) is 5.66. The molecule has 0 bridgehead atoms. The Labute approximate surface area is 174 Å². The first-order valence-corrected chi connectivity index (χ1v) is 8.19. The van der Waals surface area contributed by atoms with Crippen LogP contribution in [0, 0.1) is 5.82 Å². The molecule has 2 aromatic rings. The van der Waals surface area contributed by atoms with Crippen LogP contribution in [0.2, 0.25) is 5.02 Å². The number of halogens is 3. The first-order chi connectivity index (χ1) is 12.1. The van der Waals surface area contributed by atoms with Crippen LogP contribution < -0.4 is 16.0 Å². The van der Waals surface area contributed by atoms with Gasteiger partial charge in [-0.05, 0) is 42.3 Å². The highest BCUT2D eigenvalue weighted by atomic mass is 127. The third kappa shape index (κ3) is 7.57. The lowest BCUT2D eigenvalue weighted by Gasteiger charge is -2.12. The van der Waals surface area contributed by atoms with E-state index in [1.165, 1.54) is 24.3 Å². The first kappa shape index (κ1) is 22.2. The van der Waals surface area contributed by atoms with E-state index in [1.807, 2.05) is 24.3 Å². The summed E-state index contributed by atoms with van der Waals surface area (Å²) < 4.78 is 12.8. The molecule has 2 rings (SSSR count). The Bertz CT molecular complexity index is 740. The number of carbonyl (C=O) groups is 1. The maximum atomic E-state index is 12.8. The zero-order valence-corrected chi connectivity index (χ0v) is 17.3. The monoisotopic (exact) mass is 490 g/mol. The van der Waals surface area contributed by atoms with Gasteiger partial charge in [0.05, 0.1) is 6.54 Å². The predicted molar refractivity (Wildman–Crippen MR) is 115 cm³/mol. The van der Waals surface area contributed by atoms with Gasteiger partial charge in [-0.2, -0.15) is 0 Å². The molecular formula is C18H21ClFIN4O. The highest BCUT2D eigenvalue weighted by molar-refractivity contribution is 14.0. The Morgan fingerprint density at radius 1 is 1.12 bits per heavy atom. The average molecular weight is 491 g/mol. The molecular weight excluding hydrogens is 470 g/mol. The molecule has 8 heteroatoms. The van der Waals surface area contributed by atoms with E-state index in [1.54, 1.807) is 7.05 Å². The molecule has 0 spiro atoms. The van der Waals surface area contributed by atoms with Crippen LogP contribution >= 0.6 is 35.6 Å². The summed E-state index contributed by atoms with van der Waals surface area (Å²) >= 11 is 6.11. The van der Waals surface area contributed by atoms with Crippen LogP contribution in [0.3, 0.4) is 0 Å². The number of aliphatic imine (C=N–C) groups is 1. The van der Waals surface area contributed by atoms with Crippen LogP contribution in [0.15, 0.2) is 53.5 Å². The Kier molecular flexibility index (Phi) is 9.97. The largest absolute Gasteiger partial charge is 0.356 e. The Morgan fingerprint density at radius 2 is 1.81 bits per heavy atom. The van der Waals surface area contributed by atoms with Crippen molar-refractivity contribution in [3.8, 4) is 0 Å². The zero-order chi connectivity index (χ0) is 18.1. The van der Waals surface area contributed by atoms with Crippen LogP contribution in [0.5, 0.6) is 0 Å². The summed E-state index contributed by atoms with van der Waals surface area (Å²) in [5.41, 5.74) is 1.58. The molecule has 0 aliphatic rings. The number of anilines is 1. The molecule has 1 amide bonds.